The molecule has 2 aliphatic rings. The highest BCUT2D eigenvalue weighted by Gasteiger charge is 2.46. The van der Waals surface area contributed by atoms with Crippen LogP contribution in [-0.4, -0.2) is 25.0 Å². The topological polar surface area (TPSA) is 26.2 Å². The van der Waals surface area contributed by atoms with Crippen LogP contribution in [0, 0.1) is 0 Å². The van der Waals surface area contributed by atoms with Crippen LogP contribution in [0.4, 0.5) is 34.1 Å². The number of anilines is 6. The van der Waals surface area contributed by atoms with Gasteiger partial charge in [0.15, 0.2) is 0 Å². The first-order chi connectivity index (χ1) is 53.5. The van der Waals surface area contributed by atoms with Gasteiger partial charge in [-0.15, -0.1) is 0 Å². The van der Waals surface area contributed by atoms with E-state index in [1.54, 1.807) is 0 Å². The van der Waals surface area contributed by atoms with Gasteiger partial charge in [0.2, 0.25) is 0 Å². The maximum Gasteiger partial charge on any atom is 0.252 e. The van der Waals surface area contributed by atoms with Crippen molar-refractivity contribution in [2.24, 2.45) is 0 Å². The Bertz CT molecular complexity index is 6290. The van der Waals surface area contributed by atoms with Crippen LogP contribution in [0.25, 0.3) is 110 Å². The predicted octanol–water partition coefficient (Wildman–Crippen LogP) is 27.2. The minimum atomic E-state index is -0.337. The molecule has 0 saturated heterocycles. The van der Waals surface area contributed by atoms with Crippen molar-refractivity contribution in [1.82, 2.24) is 18.3 Å². The largest absolute Gasteiger partial charge is 0.309 e. The Balaban J connectivity index is 0.997. The smallest absolute Gasteiger partial charge is 0.252 e. The van der Waals surface area contributed by atoms with Crippen LogP contribution in [-0.2, 0) is 37.9 Å². The number of fused-ring (bicyclic) bond motifs is 16. The molecule has 4 aromatic heterocycles. The fourth-order valence-electron chi connectivity index (χ4n) is 18.7. The quantitative estimate of drug-likeness (QED) is 0.155. The van der Waals surface area contributed by atoms with Crippen molar-refractivity contribution in [3.63, 3.8) is 0 Å². The Morgan fingerprint density at radius 1 is 0.195 bits per heavy atom. The van der Waals surface area contributed by atoms with Gasteiger partial charge in [0.1, 0.15) is 0 Å². The van der Waals surface area contributed by atoms with E-state index < -0.39 is 0 Å². The number of aromatic nitrogens is 4. The van der Waals surface area contributed by atoms with E-state index in [1.165, 1.54) is 154 Å². The minimum Gasteiger partial charge on any atom is -0.309 e. The SMILES string of the molecule is CC(C)(C)c1cc(-n2c3ccc(C(C)(C)C)cc3c3cccc(N4c5cc(-n6c7ccccc7c7ccccc76)ccc5B5c6ccc(-n7c8ccccc8c8ccccc87)cc6N(c6cccc7c8cc(C(C)(C)C)ccc8n(-c8cc(C(C)(C)C)cc(C(C)(C)C)c8)c67)c6cc(C(C)(C)C)cc4c65)c32)cc(C(C)(C)C)c1. The highest BCUT2D eigenvalue weighted by Crippen LogP contribution is 2.54. The summed E-state index contributed by atoms with van der Waals surface area (Å²) in [5, 5.41) is 9.86. The molecule has 0 saturated carbocycles. The monoisotopic (exact) mass is 1470 g/mol. The van der Waals surface area contributed by atoms with Crippen LogP contribution in [0.3, 0.4) is 0 Å². The molecule has 6 nitrogen and oxygen atoms in total. The van der Waals surface area contributed by atoms with Crippen LogP contribution < -0.4 is 26.2 Å². The van der Waals surface area contributed by atoms with E-state index in [9.17, 15) is 0 Å². The second-order valence-corrected chi connectivity index (χ2v) is 40.0. The van der Waals surface area contributed by atoms with E-state index in [-0.39, 0.29) is 44.6 Å². The lowest BCUT2D eigenvalue weighted by Crippen LogP contribution is -2.61. The summed E-state index contributed by atoms with van der Waals surface area (Å²) in [5.41, 5.74) is 32.6. The highest BCUT2D eigenvalue weighted by molar-refractivity contribution is 7.00. The first-order valence-corrected chi connectivity index (χ1v) is 41.0. The van der Waals surface area contributed by atoms with E-state index in [1.807, 2.05) is 0 Å². The van der Waals surface area contributed by atoms with Gasteiger partial charge in [-0.05, 0) is 215 Å². The molecule has 562 valence electrons. The van der Waals surface area contributed by atoms with Crippen molar-refractivity contribution in [2.45, 2.75) is 183 Å². The van der Waals surface area contributed by atoms with Gasteiger partial charge in [0.25, 0.3) is 6.71 Å². The van der Waals surface area contributed by atoms with E-state index in [4.69, 9.17) is 0 Å². The molecule has 13 aromatic carbocycles. The molecular weight excluding hydrogens is 1370 g/mol. The average molecular weight is 1470 g/mol. The summed E-state index contributed by atoms with van der Waals surface area (Å²) in [5.74, 6) is 0. The second kappa shape index (κ2) is 24.6. The Morgan fingerprint density at radius 3 is 0.805 bits per heavy atom. The number of benzene rings is 13. The van der Waals surface area contributed by atoms with E-state index in [0.29, 0.717) is 0 Å². The zero-order valence-electron chi connectivity index (χ0n) is 70.0. The van der Waals surface area contributed by atoms with Gasteiger partial charge in [0.05, 0.1) is 55.5 Å². The molecule has 113 heavy (non-hydrogen) atoms. The van der Waals surface area contributed by atoms with Crippen molar-refractivity contribution < 1.29 is 0 Å². The highest BCUT2D eigenvalue weighted by atomic mass is 15.2. The Labute approximate surface area is 668 Å². The fraction of sp³-hybridized carbons (Fsp3) is 0.264. The Morgan fingerprint density at radius 2 is 0.487 bits per heavy atom. The molecule has 0 fully saturated rings. The Hall–Kier alpha value is -11.3. The number of hydrogen-bond donors (Lipinski definition) is 0. The molecule has 0 N–H and O–H groups in total. The normalized spacial score (nSPS) is 13.8. The third-order valence-electron chi connectivity index (χ3n) is 25.1. The molecular formula is C106H105BN6. The molecule has 6 heterocycles. The summed E-state index contributed by atoms with van der Waals surface area (Å²) in [6.45, 7) is 49.6. The van der Waals surface area contributed by atoms with Crippen molar-refractivity contribution in [3.8, 4) is 22.7 Å². The zero-order valence-corrected chi connectivity index (χ0v) is 70.0. The van der Waals surface area contributed by atoms with Crippen LogP contribution in [0.5, 0.6) is 0 Å². The predicted molar refractivity (Wildman–Crippen MR) is 489 cm³/mol. The molecule has 0 spiro atoms. The van der Waals surface area contributed by atoms with Crippen molar-refractivity contribution in [1.29, 1.82) is 0 Å². The van der Waals surface area contributed by atoms with Gasteiger partial charge < -0.3 is 28.1 Å². The number of nitrogens with zero attached hydrogens (tertiary/aromatic N) is 6. The first kappa shape index (κ1) is 72.0. The van der Waals surface area contributed by atoms with E-state index in [0.717, 1.165) is 45.5 Å². The molecule has 17 aromatic rings. The molecule has 2 aliphatic heterocycles. The minimum absolute atomic E-state index is 0.103. The number of para-hydroxylation sites is 6. The van der Waals surface area contributed by atoms with Gasteiger partial charge in [-0.1, -0.05) is 279 Å². The molecule has 0 amide bonds. The third-order valence-corrected chi connectivity index (χ3v) is 25.1. The number of rotatable bonds is 6. The van der Waals surface area contributed by atoms with E-state index >= 15 is 0 Å². The van der Waals surface area contributed by atoms with Gasteiger partial charge in [-0.25, -0.2) is 0 Å². The van der Waals surface area contributed by atoms with Gasteiger partial charge in [0, 0.05) is 88.6 Å². The Kier molecular flexibility index (Phi) is 15.7. The maximum absolute atomic E-state index is 2.74. The van der Waals surface area contributed by atoms with Crippen molar-refractivity contribution >= 4 is 144 Å². The standard InChI is InChI=1S/C106H105BN6/c1-100(2,3)64-44-50-89-81(58-64)79-36-30-42-91(98(79)110(89)73-54-66(102(7,8)9)52-67(55-73)103(10,11)12)112-93-62-71(108-85-38-26-22-32-75(85)76-33-23-27-39-86(76)108)46-48-83(93)107-84-49-47-72(109-87-40-28-24-34-77(87)78-35-25-29-41-88(78)109)63-94(84)113(96-61-70(106(19,20)21)60-95(112)97(96)107)92-43-31-37-80-82-59-65(101(4,5)6)45-51-90(82)111(99(80)92)74-56-68(104(13,14)15)53-69(57-74)105(16,17)18/h22-63H,1-21H3. The average Bonchev–Trinajstić information content (AvgIpc) is 1.56. The van der Waals surface area contributed by atoms with Crippen LogP contribution in [0.1, 0.15) is 184 Å². The molecule has 19 rings (SSSR count). The first-order valence-electron chi connectivity index (χ1n) is 41.0. The number of hydrogen-bond acceptors (Lipinski definition) is 2. The maximum atomic E-state index is 2.74. The van der Waals surface area contributed by atoms with E-state index in [2.05, 4.69) is 428 Å². The molecule has 0 bridgehead atoms. The summed E-state index contributed by atoms with van der Waals surface area (Å²) in [7, 11) is 0. The lowest BCUT2D eigenvalue weighted by atomic mass is 9.33. The summed E-state index contributed by atoms with van der Waals surface area (Å²) < 4.78 is 10.4. The lowest BCUT2D eigenvalue weighted by molar-refractivity contribution is 0.567. The second-order valence-electron chi connectivity index (χ2n) is 40.0. The summed E-state index contributed by atoms with van der Waals surface area (Å²) in [6.07, 6.45) is 0. The lowest BCUT2D eigenvalue weighted by Gasteiger charge is -2.45. The molecule has 0 atom stereocenters. The van der Waals surface area contributed by atoms with Crippen LogP contribution in [0.15, 0.2) is 255 Å². The summed E-state index contributed by atoms with van der Waals surface area (Å²) in [6, 6.07) is 100. The van der Waals surface area contributed by atoms with Crippen LogP contribution in [0.2, 0.25) is 0 Å². The molecule has 0 unspecified atom stereocenters. The molecule has 7 heteroatoms. The fourth-order valence-corrected chi connectivity index (χ4v) is 18.7. The van der Waals surface area contributed by atoms with Gasteiger partial charge in [-0.2, -0.15) is 0 Å². The van der Waals surface area contributed by atoms with Crippen molar-refractivity contribution in [3.05, 3.63) is 294 Å². The summed E-state index contributed by atoms with van der Waals surface area (Å²) in [4.78, 5) is 5.48. The van der Waals surface area contributed by atoms with Gasteiger partial charge >= 0.3 is 0 Å². The third kappa shape index (κ3) is 11.3. The van der Waals surface area contributed by atoms with Crippen LogP contribution >= 0.6 is 0 Å². The summed E-state index contributed by atoms with van der Waals surface area (Å²) >= 11 is 0. The molecule has 0 aliphatic carbocycles. The van der Waals surface area contributed by atoms with Crippen molar-refractivity contribution in [2.75, 3.05) is 9.80 Å². The molecule has 0 radical (unpaired) electrons. The zero-order chi connectivity index (χ0) is 79.0. The van der Waals surface area contributed by atoms with Gasteiger partial charge in [-0.3, -0.25) is 0 Å².